The molecule has 0 aliphatic heterocycles. The van der Waals surface area contributed by atoms with Gasteiger partial charge in [0.1, 0.15) is 5.78 Å². The van der Waals surface area contributed by atoms with Crippen LogP contribution in [0.15, 0.2) is 24.3 Å². The zero-order chi connectivity index (χ0) is 13.9. The number of benzene rings is 1. The summed E-state index contributed by atoms with van der Waals surface area (Å²) in [5.74, 6) is 0.571. The standard InChI is InChI=1S/C17H24O2/c1-17(2)10-5-8-15(16(17)19)12-14-7-4-3-6-13(14)9-11-18/h3-4,6-7,15,18H,5,8-12H2,1-2H3. The highest BCUT2D eigenvalue weighted by Gasteiger charge is 2.37. The number of carbonyl (C=O) groups excluding carboxylic acids is 1. The Bertz CT molecular complexity index is 448. The lowest BCUT2D eigenvalue weighted by Crippen LogP contribution is -2.36. The summed E-state index contributed by atoms with van der Waals surface area (Å²) in [5.41, 5.74) is 2.25. The van der Waals surface area contributed by atoms with E-state index in [-0.39, 0.29) is 17.9 Å². The van der Waals surface area contributed by atoms with Gasteiger partial charge in [-0.3, -0.25) is 4.79 Å². The first-order valence-electron chi connectivity index (χ1n) is 7.26. The van der Waals surface area contributed by atoms with Gasteiger partial charge in [0.2, 0.25) is 0 Å². The van der Waals surface area contributed by atoms with Crippen LogP contribution in [-0.2, 0) is 17.6 Å². The molecule has 2 heteroatoms. The first kappa shape index (κ1) is 14.3. The lowest BCUT2D eigenvalue weighted by Gasteiger charge is -2.34. The summed E-state index contributed by atoms with van der Waals surface area (Å²) in [6.45, 7) is 4.31. The van der Waals surface area contributed by atoms with Gasteiger partial charge >= 0.3 is 0 Å². The highest BCUT2D eigenvalue weighted by Crippen LogP contribution is 2.37. The predicted octanol–water partition coefficient (Wildman–Crippen LogP) is 3.16. The summed E-state index contributed by atoms with van der Waals surface area (Å²) in [4.78, 5) is 12.5. The average molecular weight is 260 g/mol. The van der Waals surface area contributed by atoms with Gasteiger partial charge in [-0.2, -0.15) is 0 Å². The van der Waals surface area contributed by atoms with Gasteiger partial charge in [0.05, 0.1) is 0 Å². The van der Waals surface area contributed by atoms with E-state index in [2.05, 4.69) is 26.0 Å². The molecule has 1 fully saturated rings. The number of aliphatic hydroxyl groups excluding tert-OH is 1. The van der Waals surface area contributed by atoms with E-state index < -0.39 is 0 Å². The Morgan fingerprint density at radius 1 is 1.26 bits per heavy atom. The second-order valence-corrected chi connectivity index (χ2v) is 6.28. The van der Waals surface area contributed by atoms with Crippen LogP contribution in [0.25, 0.3) is 0 Å². The second-order valence-electron chi connectivity index (χ2n) is 6.28. The van der Waals surface area contributed by atoms with E-state index in [1.807, 2.05) is 12.1 Å². The molecule has 0 bridgehead atoms. The molecule has 0 radical (unpaired) electrons. The van der Waals surface area contributed by atoms with Crippen molar-refractivity contribution < 1.29 is 9.90 Å². The van der Waals surface area contributed by atoms with Gasteiger partial charge in [0.25, 0.3) is 0 Å². The van der Waals surface area contributed by atoms with Crippen LogP contribution in [0, 0.1) is 11.3 Å². The van der Waals surface area contributed by atoms with Crippen LogP contribution in [0.3, 0.4) is 0 Å². The molecule has 0 aromatic heterocycles. The summed E-state index contributed by atoms with van der Waals surface area (Å²) in [5, 5.41) is 9.12. The van der Waals surface area contributed by atoms with E-state index in [0.29, 0.717) is 12.2 Å². The van der Waals surface area contributed by atoms with Gasteiger partial charge in [-0.25, -0.2) is 0 Å². The summed E-state index contributed by atoms with van der Waals surface area (Å²) >= 11 is 0. The minimum atomic E-state index is -0.158. The molecular formula is C17H24O2. The third kappa shape index (κ3) is 3.24. The minimum Gasteiger partial charge on any atom is -0.396 e. The van der Waals surface area contributed by atoms with Gasteiger partial charge in [0, 0.05) is 17.9 Å². The SMILES string of the molecule is CC1(C)CCCC(Cc2ccccc2CCO)C1=O. The summed E-state index contributed by atoms with van der Waals surface area (Å²) in [7, 11) is 0. The molecule has 19 heavy (non-hydrogen) atoms. The summed E-state index contributed by atoms with van der Waals surface area (Å²) in [6.07, 6.45) is 4.68. The summed E-state index contributed by atoms with van der Waals surface area (Å²) in [6, 6.07) is 8.18. The Morgan fingerprint density at radius 3 is 2.63 bits per heavy atom. The Labute approximate surface area is 115 Å². The van der Waals surface area contributed by atoms with E-state index in [0.717, 1.165) is 25.7 Å². The van der Waals surface area contributed by atoms with Crippen LogP contribution in [0.1, 0.15) is 44.2 Å². The van der Waals surface area contributed by atoms with Crippen LogP contribution < -0.4 is 0 Å². The Kier molecular flexibility index (Phi) is 4.41. The van der Waals surface area contributed by atoms with Crippen molar-refractivity contribution in [1.29, 1.82) is 0 Å². The molecule has 1 unspecified atom stereocenters. The largest absolute Gasteiger partial charge is 0.396 e. The van der Waals surface area contributed by atoms with E-state index in [4.69, 9.17) is 5.11 Å². The Hall–Kier alpha value is -1.15. The van der Waals surface area contributed by atoms with Crippen molar-refractivity contribution in [2.24, 2.45) is 11.3 Å². The molecule has 1 N–H and O–H groups in total. The van der Waals surface area contributed by atoms with Crippen LogP contribution >= 0.6 is 0 Å². The van der Waals surface area contributed by atoms with Gasteiger partial charge in [0.15, 0.2) is 0 Å². The van der Waals surface area contributed by atoms with E-state index in [1.54, 1.807) is 0 Å². The predicted molar refractivity (Wildman–Crippen MR) is 77.1 cm³/mol. The molecule has 1 aliphatic rings. The lowest BCUT2D eigenvalue weighted by atomic mass is 9.69. The molecule has 1 aliphatic carbocycles. The van der Waals surface area contributed by atoms with E-state index in [1.165, 1.54) is 11.1 Å². The maximum absolute atomic E-state index is 12.5. The second kappa shape index (κ2) is 5.87. The average Bonchev–Trinajstić information content (AvgIpc) is 2.37. The Balaban J connectivity index is 2.14. The highest BCUT2D eigenvalue weighted by molar-refractivity contribution is 5.87. The molecular weight excluding hydrogens is 236 g/mol. The molecule has 1 atom stereocenters. The first-order chi connectivity index (χ1) is 9.04. The van der Waals surface area contributed by atoms with Crippen molar-refractivity contribution >= 4 is 5.78 Å². The number of aliphatic hydroxyl groups is 1. The van der Waals surface area contributed by atoms with Gasteiger partial charge in [-0.1, -0.05) is 44.5 Å². The normalized spacial score (nSPS) is 22.5. The number of hydrogen-bond acceptors (Lipinski definition) is 2. The molecule has 1 aromatic rings. The number of Topliss-reactive ketones (excluding diaryl/α,β-unsaturated/α-hetero) is 1. The molecule has 104 valence electrons. The molecule has 2 nitrogen and oxygen atoms in total. The molecule has 2 rings (SSSR count). The van der Waals surface area contributed by atoms with E-state index in [9.17, 15) is 4.79 Å². The monoisotopic (exact) mass is 260 g/mol. The molecule has 1 aromatic carbocycles. The molecule has 1 saturated carbocycles. The summed E-state index contributed by atoms with van der Waals surface area (Å²) < 4.78 is 0. The topological polar surface area (TPSA) is 37.3 Å². The van der Waals surface area contributed by atoms with Gasteiger partial charge in [-0.05, 0) is 36.8 Å². The molecule has 0 saturated heterocycles. The van der Waals surface area contributed by atoms with Crippen LogP contribution in [-0.4, -0.2) is 17.5 Å². The number of carbonyl (C=O) groups is 1. The van der Waals surface area contributed by atoms with Crippen molar-refractivity contribution in [2.75, 3.05) is 6.61 Å². The fourth-order valence-corrected chi connectivity index (χ4v) is 3.18. The van der Waals surface area contributed by atoms with E-state index >= 15 is 0 Å². The fraction of sp³-hybridized carbons (Fsp3) is 0.588. The fourth-order valence-electron chi connectivity index (χ4n) is 3.18. The Morgan fingerprint density at radius 2 is 1.95 bits per heavy atom. The molecule has 0 heterocycles. The van der Waals surface area contributed by atoms with Crippen molar-refractivity contribution in [3.8, 4) is 0 Å². The highest BCUT2D eigenvalue weighted by atomic mass is 16.2. The van der Waals surface area contributed by atoms with Gasteiger partial charge < -0.3 is 5.11 Å². The number of ketones is 1. The van der Waals surface area contributed by atoms with Crippen molar-refractivity contribution in [1.82, 2.24) is 0 Å². The zero-order valence-electron chi connectivity index (χ0n) is 12.0. The smallest absolute Gasteiger partial charge is 0.141 e. The maximum atomic E-state index is 12.5. The van der Waals surface area contributed by atoms with Crippen LogP contribution in [0.4, 0.5) is 0 Å². The lowest BCUT2D eigenvalue weighted by molar-refractivity contribution is -0.134. The maximum Gasteiger partial charge on any atom is 0.141 e. The van der Waals surface area contributed by atoms with Crippen LogP contribution in [0.2, 0.25) is 0 Å². The molecule has 0 spiro atoms. The van der Waals surface area contributed by atoms with Gasteiger partial charge in [-0.15, -0.1) is 0 Å². The quantitative estimate of drug-likeness (QED) is 0.903. The third-order valence-corrected chi connectivity index (χ3v) is 4.36. The number of hydrogen-bond donors (Lipinski definition) is 1. The zero-order valence-corrected chi connectivity index (χ0v) is 12.0. The first-order valence-corrected chi connectivity index (χ1v) is 7.26. The molecule has 0 amide bonds. The van der Waals surface area contributed by atoms with Crippen molar-refractivity contribution in [3.63, 3.8) is 0 Å². The van der Waals surface area contributed by atoms with Crippen molar-refractivity contribution in [2.45, 2.75) is 46.0 Å². The number of rotatable bonds is 4. The van der Waals surface area contributed by atoms with Crippen LogP contribution in [0.5, 0.6) is 0 Å². The van der Waals surface area contributed by atoms with Crippen molar-refractivity contribution in [3.05, 3.63) is 35.4 Å². The minimum absolute atomic E-state index is 0.156. The third-order valence-electron chi connectivity index (χ3n) is 4.36.